The molecule has 0 aromatic carbocycles. The van der Waals surface area contributed by atoms with Gasteiger partial charge in [-0.1, -0.05) is 30.3 Å². The number of hydrogen-bond donors (Lipinski definition) is 0. The van der Waals surface area contributed by atoms with Gasteiger partial charge in [0.15, 0.2) is 0 Å². The number of thiophene rings is 1. The number of hydrogen-bond acceptors (Lipinski definition) is 3. The summed E-state index contributed by atoms with van der Waals surface area (Å²) < 4.78 is 560. The van der Waals surface area contributed by atoms with Crippen LogP contribution in [0.3, 0.4) is 0 Å². The summed E-state index contributed by atoms with van der Waals surface area (Å²) in [7, 11) is -9.33. The van der Waals surface area contributed by atoms with Crippen LogP contribution >= 0.6 is 11.3 Å². The quantitative estimate of drug-likeness (QED) is 0.0759. The van der Waals surface area contributed by atoms with Crippen molar-refractivity contribution in [1.29, 1.82) is 0 Å². The average Bonchev–Trinajstić information content (AvgIpc) is 3.85. The second kappa shape index (κ2) is 19.6. The molecule has 1 atom stereocenters. The van der Waals surface area contributed by atoms with Crippen molar-refractivity contribution in [3.63, 3.8) is 0 Å². The monoisotopic (exact) mass is 1280 g/mol. The van der Waals surface area contributed by atoms with Gasteiger partial charge in [-0.25, -0.2) is 0 Å². The van der Waals surface area contributed by atoms with Crippen LogP contribution in [0.5, 0.6) is 0 Å². The minimum atomic E-state index is -8.91. The SMILES string of the molecule is CC1(C)OB(c2cccs2)OC1(C)C[Si](CCC(F)(F)C(F)(F)C(F)(F)C(F)(F)C(F)(F)C(F)(F)F)(CCC(F)(F)C(F)(F)C(F)(F)C(F)(F)C(F)(F)C(F)(F)F)CCC(F)(F)C(F)(F)C(F)(F)C(F)(F)C(F)(F)C(F)(F)F. The third kappa shape index (κ3) is 10.7. The Morgan fingerprint density at radius 2 is 0.615 bits per heavy atom. The molecule has 78 heavy (non-hydrogen) atoms. The first kappa shape index (κ1) is 71.3. The van der Waals surface area contributed by atoms with Crippen molar-refractivity contribution >= 4 is 31.3 Å². The van der Waals surface area contributed by atoms with E-state index in [0.717, 1.165) is 17.5 Å². The van der Waals surface area contributed by atoms with Crippen molar-refractivity contribution < 1.29 is 181 Å². The molecule has 2 heterocycles. The van der Waals surface area contributed by atoms with Crippen LogP contribution in [0.4, 0.5) is 171 Å². The fourth-order valence-corrected chi connectivity index (χ4v) is 13.5. The maximum absolute atomic E-state index is 15.4. The predicted octanol–water partition coefficient (Wildman–Crippen LogP) is 16.9. The highest BCUT2D eigenvalue weighted by atomic mass is 32.1. The third-order valence-electron chi connectivity index (χ3n) is 12.4. The van der Waals surface area contributed by atoms with Gasteiger partial charge in [-0.3, -0.25) is 0 Å². The highest BCUT2D eigenvalue weighted by Gasteiger charge is 2.93. The molecule has 1 unspecified atom stereocenters. The van der Waals surface area contributed by atoms with Crippen molar-refractivity contribution in [2.75, 3.05) is 0 Å². The molecule has 2 nitrogen and oxygen atoms in total. The molecule has 0 N–H and O–H groups in total. The molecule has 1 aliphatic heterocycles. The standard InChI is InChI=1S/C34H26BF39O2SSi/c1-15(2)16(3,76-35(75-15)14-5-4-9-77-14)13-78(10-6-17(36,37)20(42,43)23(48,49)26(54,55)29(60,61)32(66,67)68,11-7-18(38,39)21(44,45)24(50,51)27(56,57)30(62,63)33(69,70)71)12-8-19(40,41)22(46,47)25(52,53)28(58,59)31(64,65)34(72,73)74/h4-5,9H,6-8,10-13H2,1-3H3. The average molecular weight is 1280 g/mol. The molecule has 44 heteroatoms. The topological polar surface area (TPSA) is 18.5 Å². The maximum Gasteiger partial charge on any atom is 0.505 e. The normalized spacial score (nSPS) is 19.8. The van der Waals surface area contributed by atoms with Gasteiger partial charge in [0, 0.05) is 24.0 Å². The Kier molecular flexibility index (Phi) is 18.0. The van der Waals surface area contributed by atoms with Gasteiger partial charge < -0.3 is 9.31 Å². The minimum Gasteiger partial charge on any atom is -0.399 e. The molecule has 0 bridgehead atoms. The van der Waals surface area contributed by atoms with Crippen LogP contribution in [-0.2, 0) is 9.31 Å². The molecule has 1 aromatic rings. The first-order chi connectivity index (χ1) is 33.5. The van der Waals surface area contributed by atoms with Crippen LogP contribution in [0.15, 0.2) is 17.5 Å². The van der Waals surface area contributed by atoms with Crippen molar-refractivity contribution in [3.8, 4) is 0 Å². The van der Waals surface area contributed by atoms with E-state index in [4.69, 9.17) is 9.31 Å². The number of rotatable bonds is 24. The van der Waals surface area contributed by atoms with Gasteiger partial charge in [-0.15, -0.1) is 0 Å². The molecule has 1 aromatic heterocycles. The van der Waals surface area contributed by atoms with Crippen LogP contribution in [-0.4, -0.2) is 134 Å². The predicted molar refractivity (Wildman–Crippen MR) is 186 cm³/mol. The van der Waals surface area contributed by atoms with Gasteiger partial charge in [0.2, 0.25) is 0 Å². The molecule has 0 saturated carbocycles. The van der Waals surface area contributed by atoms with E-state index in [1.807, 2.05) is 0 Å². The lowest BCUT2D eigenvalue weighted by Crippen LogP contribution is -2.70. The summed E-state index contributed by atoms with van der Waals surface area (Å²) in [5, 5.41) is 1.05. The molecular weight excluding hydrogens is 1250 g/mol. The van der Waals surface area contributed by atoms with E-state index in [2.05, 4.69) is 0 Å². The number of halogens is 39. The smallest absolute Gasteiger partial charge is 0.399 e. The van der Waals surface area contributed by atoms with Crippen LogP contribution in [0, 0.1) is 0 Å². The van der Waals surface area contributed by atoms with Crippen molar-refractivity contribution in [1.82, 2.24) is 0 Å². The van der Waals surface area contributed by atoms with E-state index >= 15 is 26.3 Å². The summed E-state index contributed by atoms with van der Waals surface area (Å²) in [5.74, 6) is -128. The zero-order valence-corrected chi connectivity index (χ0v) is 39.0. The minimum absolute atomic E-state index is 0.240. The van der Waals surface area contributed by atoms with E-state index in [1.165, 1.54) is 0 Å². The van der Waals surface area contributed by atoms with Crippen molar-refractivity contribution in [2.24, 2.45) is 0 Å². The first-order valence-electron chi connectivity index (χ1n) is 19.8. The van der Waals surface area contributed by atoms with Crippen molar-refractivity contribution in [2.45, 2.75) is 183 Å². The lowest BCUT2D eigenvalue weighted by atomic mass is 9.88. The van der Waals surface area contributed by atoms with Gasteiger partial charge in [0.1, 0.15) is 0 Å². The first-order valence-corrected chi connectivity index (χ1v) is 23.5. The van der Waals surface area contributed by atoms with Crippen LogP contribution in [0.25, 0.3) is 0 Å². The summed E-state index contributed by atoms with van der Waals surface area (Å²) >= 11 is 0.456. The Morgan fingerprint density at radius 3 is 0.833 bits per heavy atom. The highest BCUT2D eigenvalue weighted by molar-refractivity contribution is 7.20. The van der Waals surface area contributed by atoms with Gasteiger partial charge in [-0.05, 0) is 32.2 Å². The largest absolute Gasteiger partial charge is 0.505 e. The molecule has 2 rings (SSSR count). The van der Waals surface area contributed by atoms with E-state index < -0.39 is 177 Å². The highest BCUT2D eigenvalue weighted by Crippen LogP contribution is 2.66. The summed E-state index contributed by atoms with van der Waals surface area (Å²) in [6.07, 6.45) is -36.7. The Bertz CT molecular complexity index is 2040. The second-order valence-electron chi connectivity index (χ2n) is 18.0. The van der Waals surface area contributed by atoms with Gasteiger partial charge >= 0.3 is 114 Å². The second-order valence-corrected chi connectivity index (χ2v) is 23.8. The fraction of sp³-hybridized carbons (Fsp3) is 0.882. The Morgan fingerprint density at radius 1 is 0.372 bits per heavy atom. The summed E-state index contributed by atoms with van der Waals surface area (Å²) in [6, 6.07) is -10.5. The van der Waals surface area contributed by atoms with E-state index in [1.54, 1.807) is 0 Å². The molecule has 0 aliphatic carbocycles. The van der Waals surface area contributed by atoms with Crippen LogP contribution in [0.2, 0.25) is 24.2 Å². The Hall–Kier alpha value is -2.83. The molecule has 0 spiro atoms. The fourth-order valence-electron chi connectivity index (χ4n) is 7.09. The van der Waals surface area contributed by atoms with E-state index in [-0.39, 0.29) is 11.7 Å². The zero-order chi connectivity index (χ0) is 62.8. The molecule has 0 radical (unpaired) electrons. The van der Waals surface area contributed by atoms with Crippen molar-refractivity contribution in [3.05, 3.63) is 17.5 Å². The summed E-state index contributed by atoms with van der Waals surface area (Å²) in [4.78, 5) is 0. The molecule has 1 aliphatic rings. The lowest BCUT2D eigenvalue weighted by molar-refractivity contribution is -0.440. The summed E-state index contributed by atoms with van der Waals surface area (Å²) in [5.41, 5.74) is -5.95. The van der Waals surface area contributed by atoms with Crippen LogP contribution in [0.1, 0.15) is 40.0 Å². The Labute approximate surface area is 412 Å². The third-order valence-corrected chi connectivity index (χ3v) is 18.7. The van der Waals surface area contributed by atoms with E-state index in [0.29, 0.717) is 25.2 Å². The molecule has 1 saturated heterocycles. The maximum atomic E-state index is 15.4. The zero-order valence-electron chi connectivity index (χ0n) is 37.2. The van der Waals surface area contributed by atoms with Gasteiger partial charge in [0.05, 0.1) is 19.3 Å². The number of alkyl halides is 39. The Balaban J connectivity index is 3.21. The molecule has 0 amide bonds. The lowest BCUT2D eigenvalue weighted by Gasteiger charge is -2.47. The van der Waals surface area contributed by atoms with Gasteiger partial charge in [0.25, 0.3) is 0 Å². The van der Waals surface area contributed by atoms with E-state index in [9.17, 15) is 145 Å². The molecule has 1 fully saturated rings. The molecule has 460 valence electrons. The van der Waals surface area contributed by atoms with Crippen LogP contribution < -0.4 is 4.78 Å². The molecular formula is C34H26BF39O2SSi. The van der Waals surface area contributed by atoms with Gasteiger partial charge in [-0.2, -0.15) is 183 Å². The summed E-state index contributed by atoms with van der Waals surface area (Å²) in [6.45, 7) is 1.28.